The molecule has 0 atom stereocenters. The lowest BCUT2D eigenvalue weighted by atomic mass is 10.1. The molecule has 2 aromatic rings. The van der Waals surface area contributed by atoms with E-state index in [1.54, 1.807) is 42.5 Å². The van der Waals surface area contributed by atoms with E-state index in [1.165, 1.54) is 12.1 Å². The van der Waals surface area contributed by atoms with Gasteiger partial charge in [0, 0.05) is 0 Å². The van der Waals surface area contributed by atoms with Gasteiger partial charge < -0.3 is 9.84 Å². The number of ether oxygens (including phenoxy) is 1. The summed E-state index contributed by atoms with van der Waals surface area (Å²) in [6.45, 7) is 0. The maximum absolute atomic E-state index is 12.1. The monoisotopic (exact) mass is 266 g/mol. The van der Waals surface area contributed by atoms with Gasteiger partial charge in [-0.2, -0.15) is 0 Å². The van der Waals surface area contributed by atoms with Gasteiger partial charge in [0.25, 0.3) is 0 Å². The predicted octanol–water partition coefficient (Wildman–Crippen LogP) is 3.00. The van der Waals surface area contributed by atoms with Crippen LogP contribution in [0, 0.1) is 0 Å². The van der Waals surface area contributed by atoms with Crippen molar-refractivity contribution in [3.05, 3.63) is 71.0 Å². The zero-order chi connectivity index (χ0) is 14.1. The maximum Gasteiger partial charge on any atom is 0.335 e. The van der Waals surface area contributed by atoms with Crippen molar-refractivity contribution in [3.63, 3.8) is 0 Å². The summed E-state index contributed by atoms with van der Waals surface area (Å²) in [5.41, 5.74) is 1.30. The minimum Gasteiger partial charge on any atom is -0.478 e. The molecule has 3 rings (SSSR count). The van der Waals surface area contributed by atoms with Crippen molar-refractivity contribution in [1.29, 1.82) is 0 Å². The first-order valence-corrected chi connectivity index (χ1v) is 6.02. The third-order valence-electron chi connectivity index (χ3n) is 3.01. The fraction of sp³-hybridized carbons (Fsp3) is 0. The normalized spacial score (nSPS) is 15.0. The van der Waals surface area contributed by atoms with Gasteiger partial charge in [-0.1, -0.05) is 24.3 Å². The van der Waals surface area contributed by atoms with Crippen molar-refractivity contribution in [1.82, 2.24) is 0 Å². The number of rotatable bonds is 2. The van der Waals surface area contributed by atoms with E-state index in [9.17, 15) is 9.59 Å². The second-order valence-corrected chi connectivity index (χ2v) is 4.37. The molecule has 2 aromatic carbocycles. The Labute approximate surface area is 114 Å². The summed E-state index contributed by atoms with van der Waals surface area (Å²) in [6, 6.07) is 13.3. The van der Waals surface area contributed by atoms with E-state index in [0.29, 0.717) is 16.9 Å². The standard InChI is InChI=1S/C16H10O4/c17-15-12-6-1-2-7-13(12)20-14(15)9-10-4-3-5-11(8-10)16(18)19/h1-9H,(H,18,19)/b14-9-. The summed E-state index contributed by atoms with van der Waals surface area (Å²) in [6.07, 6.45) is 1.55. The van der Waals surface area contributed by atoms with Crippen LogP contribution in [0.15, 0.2) is 54.3 Å². The minimum absolute atomic E-state index is 0.169. The van der Waals surface area contributed by atoms with Gasteiger partial charge in [-0.25, -0.2) is 4.79 Å². The molecule has 98 valence electrons. The molecule has 0 saturated heterocycles. The van der Waals surface area contributed by atoms with Crippen LogP contribution in [-0.4, -0.2) is 16.9 Å². The quantitative estimate of drug-likeness (QED) is 0.849. The van der Waals surface area contributed by atoms with Gasteiger partial charge in [0.05, 0.1) is 11.1 Å². The summed E-state index contributed by atoms with van der Waals surface area (Å²) in [5.74, 6) is -0.472. The second kappa shape index (κ2) is 4.66. The van der Waals surface area contributed by atoms with Gasteiger partial charge in [0.1, 0.15) is 5.75 Å². The van der Waals surface area contributed by atoms with E-state index >= 15 is 0 Å². The molecular formula is C16H10O4. The van der Waals surface area contributed by atoms with Crippen LogP contribution >= 0.6 is 0 Å². The number of Topliss-reactive ketones (excluding diaryl/α,β-unsaturated/α-hetero) is 1. The Kier molecular flexibility index (Phi) is 2.84. The van der Waals surface area contributed by atoms with Crippen LogP contribution in [-0.2, 0) is 0 Å². The van der Waals surface area contributed by atoms with E-state index in [0.717, 1.165) is 0 Å². The highest BCUT2D eigenvalue weighted by Gasteiger charge is 2.26. The predicted molar refractivity (Wildman–Crippen MR) is 72.8 cm³/mol. The Morgan fingerprint density at radius 1 is 1.10 bits per heavy atom. The Morgan fingerprint density at radius 3 is 2.65 bits per heavy atom. The van der Waals surface area contributed by atoms with Crippen LogP contribution in [0.2, 0.25) is 0 Å². The van der Waals surface area contributed by atoms with Crippen molar-refractivity contribution >= 4 is 17.8 Å². The van der Waals surface area contributed by atoms with Crippen molar-refractivity contribution in [2.75, 3.05) is 0 Å². The number of carbonyl (C=O) groups excluding carboxylic acids is 1. The second-order valence-electron chi connectivity index (χ2n) is 4.37. The third-order valence-corrected chi connectivity index (χ3v) is 3.01. The van der Waals surface area contributed by atoms with Gasteiger partial charge >= 0.3 is 5.97 Å². The minimum atomic E-state index is -1.01. The zero-order valence-corrected chi connectivity index (χ0v) is 10.4. The van der Waals surface area contributed by atoms with E-state index in [4.69, 9.17) is 9.84 Å². The van der Waals surface area contributed by atoms with Crippen molar-refractivity contribution in [2.45, 2.75) is 0 Å². The van der Waals surface area contributed by atoms with E-state index in [-0.39, 0.29) is 17.1 Å². The van der Waals surface area contributed by atoms with Gasteiger partial charge in [0.15, 0.2) is 5.76 Å². The van der Waals surface area contributed by atoms with Gasteiger partial charge in [0.2, 0.25) is 5.78 Å². The molecule has 4 heteroatoms. The molecule has 0 radical (unpaired) electrons. The molecule has 1 heterocycles. The molecule has 1 N–H and O–H groups in total. The summed E-state index contributed by atoms with van der Waals surface area (Å²) >= 11 is 0. The Hall–Kier alpha value is -2.88. The first-order chi connectivity index (χ1) is 9.65. The molecule has 0 fully saturated rings. The third kappa shape index (κ3) is 2.07. The number of para-hydroxylation sites is 1. The molecule has 0 saturated carbocycles. The lowest BCUT2D eigenvalue weighted by Gasteiger charge is -1.99. The van der Waals surface area contributed by atoms with Crippen molar-refractivity contribution in [3.8, 4) is 5.75 Å². The highest BCUT2D eigenvalue weighted by Crippen LogP contribution is 2.31. The average Bonchev–Trinajstić information content (AvgIpc) is 2.76. The Morgan fingerprint density at radius 2 is 1.90 bits per heavy atom. The van der Waals surface area contributed by atoms with Crippen molar-refractivity contribution in [2.24, 2.45) is 0 Å². The highest BCUT2D eigenvalue weighted by molar-refractivity contribution is 6.14. The molecule has 1 aliphatic heterocycles. The van der Waals surface area contributed by atoms with Crippen LogP contribution in [0.3, 0.4) is 0 Å². The molecule has 20 heavy (non-hydrogen) atoms. The SMILES string of the molecule is O=C(O)c1cccc(/C=C2\Oc3ccccc3C2=O)c1. The van der Waals surface area contributed by atoms with Crippen LogP contribution in [0.4, 0.5) is 0 Å². The Balaban J connectivity index is 1.97. The lowest BCUT2D eigenvalue weighted by molar-refractivity contribution is 0.0696. The molecular weight excluding hydrogens is 256 g/mol. The molecule has 4 nitrogen and oxygen atoms in total. The maximum atomic E-state index is 12.1. The number of aromatic carboxylic acids is 1. The number of allylic oxidation sites excluding steroid dienone is 1. The van der Waals surface area contributed by atoms with Crippen molar-refractivity contribution < 1.29 is 19.4 Å². The van der Waals surface area contributed by atoms with Crippen LogP contribution in [0.5, 0.6) is 5.75 Å². The number of carbonyl (C=O) groups is 2. The number of carboxylic acids is 1. The molecule has 0 spiro atoms. The number of benzene rings is 2. The molecule has 0 bridgehead atoms. The summed E-state index contributed by atoms with van der Waals surface area (Å²) in [5, 5.41) is 8.95. The smallest absolute Gasteiger partial charge is 0.335 e. The topological polar surface area (TPSA) is 63.6 Å². The molecule has 0 amide bonds. The molecule has 1 aliphatic rings. The summed E-state index contributed by atoms with van der Waals surface area (Å²) < 4.78 is 5.49. The first-order valence-electron chi connectivity index (χ1n) is 6.02. The fourth-order valence-corrected chi connectivity index (χ4v) is 2.05. The van der Waals surface area contributed by atoms with E-state index in [1.807, 2.05) is 0 Å². The summed E-state index contributed by atoms with van der Waals surface area (Å²) in [4.78, 5) is 23.0. The number of hydrogen-bond acceptors (Lipinski definition) is 3. The number of hydrogen-bond donors (Lipinski definition) is 1. The number of carboxylic acid groups (broad SMARTS) is 1. The van der Waals surface area contributed by atoms with Crippen LogP contribution in [0.1, 0.15) is 26.3 Å². The summed E-state index contributed by atoms with van der Waals surface area (Å²) in [7, 11) is 0. The first kappa shape index (κ1) is 12.2. The molecule has 0 unspecified atom stereocenters. The number of ketones is 1. The van der Waals surface area contributed by atoms with E-state index in [2.05, 4.69) is 0 Å². The average molecular weight is 266 g/mol. The highest BCUT2D eigenvalue weighted by atomic mass is 16.5. The van der Waals surface area contributed by atoms with E-state index < -0.39 is 5.97 Å². The molecule has 0 aromatic heterocycles. The Bertz CT molecular complexity index is 744. The van der Waals surface area contributed by atoms with Gasteiger partial charge in [-0.15, -0.1) is 0 Å². The largest absolute Gasteiger partial charge is 0.478 e. The number of fused-ring (bicyclic) bond motifs is 1. The van der Waals surface area contributed by atoms with Gasteiger partial charge in [-0.3, -0.25) is 4.79 Å². The van der Waals surface area contributed by atoms with Crippen LogP contribution < -0.4 is 4.74 Å². The molecule has 0 aliphatic carbocycles. The van der Waals surface area contributed by atoms with Gasteiger partial charge in [-0.05, 0) is 35.9 Å². The fourth-order valence-electron chi connectivity index (χ4n) is 2.05. The lowest BCUT2D eigenvalue weighted by Crippen LogP contribution is -1.99. The van der Waals surface area contributed by atoms with Crippen LogP contribution in [0.25, 0.3) is 6.08 Å². The zero-order valence-electron chi connectivity index (χ0n) is 10.4.